The van der Waals surface area contributed by atoms with Gasteiger partial charge in [0.15, 0.2) is 5.85 Å². The van der Waals surface area contributed by atoms with Gasteiger partial charge in [-0.1, -0.05) is 49.9 Å². The number of nitrogens with one attached hydrogen (secondary N) is 1. The number of halogens is 4. The van der Waals surface area contributed by atoms with E-state index in [1.165, 1.54) is 0 Å². The van der Waals surface area contributed by atoms with Crippen molar-refractivity contribution < 1.29 is 32.6 Å². The molecule has 5 unspecified atom stereocenters. The molecule has 2 aliphatic rings. The Labute approximate surface area is 209 Å². The first-order chi connectivity index (χ1) is 16.4. The van der Waals surface area contributed by atoms with Crippen LogP contribution in [0, 0.1) is 17.8 Å². The highest BCUT2D eigenvalue weighted by Crippen LogP contribution is 2.41. The number of likely N-dealkylation sites (tertiary alicyclic amines) is 1. The smallest absolute Gasteiger partial charge is 0.404 e. The third-order valence-corrected chi connectivity index (χ3v) is 7.34. The predicted octanol–water partition coefficient (Wildman–Crippen LogP) is 4.68. The van der Waals surface area contributed by atoms with Gasteiger partial charge in [-0.2, -0.15) is 13.2 Å². The minimum atomic E-state index is -4.63. The molecule has 1 aromatic carbocycles. The molecule has 0 spiro atoms. The zero-order chi connectivity index (χ0) is 26.0. The van der Waals surface area contributed by atoms with Crippen LogP contribution in [0.15, 0.2) is 24.3 Å². The fraction of sp³-hybridized carbons (Fsp3) is 0.680. The summed E-state index contributed by atoms with van der Waals surface area (Å²) >= 11 is 6.05. The fourth-order valence-corrected chi connectivity index (χ4v) is 5.70. The Morgan fingerprint density at radius 2 is 1.94 bits per heavy atom. The molecule has 196 valence electrons. The molecule has 1 saturated carbocycles. The van der Waals surface area contributed by atoms with Crippen LogP contribution in [0.3, 0.4) is 0 Å². The maximum Gasteiger partial charge on any atom is 0.404 e. The molecule has 0 bridgehead atoms. The van der Waals surface area contributed by atoms with Crippen molar-refractivity contribution >= 4 is 23.5 Å². The highest BCUT2D eigenvalue weighted by atomic mass is 35.5. The molecule has 6 nitrogen and oxygen atoms in total. The average molecular weight is 519 g/mol. The van der Waals surface area contributed by atoms with Crippen molar-refractivity contribution in [3.63, 3.8) is 0 Å². The van der Waals surface area contributed by atoms with Gasteiger partial charge in [0.1, 0.15) is 12.1 Å². The molecule has 0 aromatic heterocycles. The van der Waals surface area contributed by atoms with Crippen LogP contribution in [0.4, 0.5) is 13.2 Å². The summed E-state index contributed by atoms with van der Waals surface area (Å²) < 4.78 is 47.1. The van der Waals surface area contributed by atoms with Crippen molar-refractivity contribution in [2.24, 2.45) is 17.8 Å². The van der Waals surface area contributed by atoms with E-state index in [1.54, 1.807) is 32.0 Å². The molecular formula is C25H34ClF3N2O4. The Bertz CT molecular complexity index is 905. The highest BCUT2D eigenvalue weighted by molar-refractivity contribution is 6.30. The van der Waals surface area contributed by atoms with Gasteiger partial charge >= 0.3 is 12.1 Å². The van der Waals surface area contributed by atoms with Crippen LogP contribution >= 0.6 is 11.6 Å². The molecule has 10 heteroatoms. The maximum atomic E-state index is 14.0. The molecule has 1 saturated heterocycles. The maximum absolute atomic E-state index is 14.0. The van der Waals surface area contributed by atoms with Gasteiger partial charge in [-0.15, -0.1) is 0 Å². The van der Waals surface area contributed by atoms with E-state index in [4.69, 9.17) is 16.3 Å². The summed E-state index contributed by atoms with van der Waals surface area (Å²) in [4.78, 5) is 26.9. The van der Waals surface area contributed by atoms with Crippen LogP contribution in [0.2, 0.25) is 5.02 Å². The minimum Gasteiger partial charge on any atom is -0.464 e. The number of β-lactam (4-membered cyclic amide) rings is 1. The number of carbonyl (C=O) groups excluding carboxylic acids is 2. The van der Waals surface area contributed by atoms with E-state index in [-0.39, 0.29) is 12.5 Å². The average Bonchev–Trinajstić information content (AvgIpc) is 2.75. The van der Waals surface area contributed by atoms with E-state index in [0.29, 0.717) is 37.1 Å². The Hall–Kier alpha value is -1.84. The van der Waals surface area contributed by atoms with Crippen molar-refractivity contribution in [2.45, 2.75) is 83.4 Å². The van der Waals surface area contributed by atoms with Crippen LogP contribution < -0.4 is 5.32 Å². The van der Waals surface area contributed by atoms with E-state index >= 15 is 0 Å². The number of aliphatic hydroxyl groups is 1. The van der Waals surface area contributed by atoms with Gasteiger partial charge in [-0.05, 0) is 62.6 Å². The lowest BCUT2D eigenvalue weighted by Crippen LogP contribution is -2.78. The van der Waals surface area contributed by atoms with Crippen molar-refractivity contribution in [2.75, 3.05) is 6.61 Å². The second kappa shape index (κ2) is 11.0. The molecule has 35 heavy (non-hydrogen) atoms. The fourth-order valence-electron chi connectivity index (χ4n) is 5.49. The Morgan fingerprint density at radius 3 is 2.51 bits per heavy atom. The monoisotopic (exact) mass is 518 g/mol. The number of alkyl halides is 3. The first kappa shape index (κ1) is 27.7. The molecule has 0 radical (unpaired) electrons. The Morgan fingerprint density at radius 1 is 1.29 bits per heavy atom. The van der Waals surface area contributed by atoms with Crippen molar-refractivity contribution in [1.29, 1.82) is 0 Å². The molecule has 1 aliphatic carbocycles. The molecule has 2 N–H and O–H groups in total. The molecule has 5 atom stereocenters. The molecule has 1 aliphatic heterocycles. The van der Waals surface area contributed by atoms with Gasteiger partial charge < -0.3 is 9.84 Å². The number of benzene rings is 1. The summed E-state index contributed by atoms with van der Waals surface area (Å²) in [6.07, 6.45) is -1.22. The largest absolute Gasteiger partial charge is 0.464 e. The summed E-state index contributed by atoms with van der Waals surface area (Å²) in [5.41, 5.74) is 0.859. The summed E-state index contributed by atoms with van der Waals surface area (Å²) in [6, 6.07) is 3.89. The van der Waals surface area contributed by atoms with E-state index in [2.05, 4.69) is 5.32 Å². The lowest BCUT2D eigenvalue weighted by Gasteiger charge is -2.54. The summed E-state index contributed by atoms with van der Waals surface area (Å²) in [5, 5.41) is 14.0. The van der Waals surface area contributed by atoms with Crippen LogP contribution in [0.5, 0.6) is 0 Å². The number of amides is 1. The first-order valence-corrected chi connectivity index (χ1v) is 12.6. The third kappa shape index (κ3) is 6.30. The van der Waals surface area contributed by atoms with E-state index < -0.39 is 47.8 Å². The quantitative estimate of drug-likeness (QED) is 0.282. The predicted molar refractivity (Wildman–Crippen MR) is 125 cm³/mol. The first-order valence-electron chi connectivity index (χ1n) is 12.2. The van der Waals surface area contributed by atoms with Gasteiger partial charge in [0, 0.05) is 5.02 Å². The van der Waals surface area contributed by atoms with E-state index in [9.17, 15) is 27.9 Å². The molecule has 1 heterocycles. The van der Waals surface area contributed by atoms with Crippen LogP contribution in [-0.2, 0) is 20.7 Å². The summed E-state index contributed by atoms with van der Waals surface area (Å²) in [6.45, 7) is 4.52. The number of hydrogen-bond acceptors (Lipinski definition) is 5. The van der Waals surface area contributed by atoms with Gasteiger partial charge in [-0.25, -0.2) is 4.79 Å². The van der Waals surface area contributed by atoms with Gasteiger partial charge in [0.25, 0.3) is 0 Å². The van der Waals surface area contributed by atoms with E-state index in [1.807, 2.05) is 6.07 Å². The number of esters is 1. The molecule has 3 rings (SSSR count). The second-order valence-electron chi connectivity index (χ2n) is 9.82. The lowest BCUT2D eigenvalue weighted by molar-refractivity contribution is -0.240. The Balaban J connectivity index is 1.84. The highest BCUT2D eigenvalue weighted by Gasteiger charge is 2.61. The van der Waals surface area contributed by atoms with Crippen LogP contribution in [0.1, 0.15) is 58.4 Å². The minimum absolute atomic E-state index is 0.0373. The molecule has 2 fully saturated rings. The van der Waals surface area contributed by atoms with Crippen molar-refractivity contribution in [3.8, 4) is 0 Å². The second-order valence-corrected chi connectivity index (χ2v) is 10.3. The SMILES string of the molecule is CCOC(=O)C1C(C(C)Cc2cccc(Cl)c2)C(=O)N1C(C)(O)NC(C1CCCCC1)C(F)(F)F. The number of rotatable bonds is 9. The van der Waals surface area contributed by atoms with Crippen molar-refractivity contribution in [1.82, 2.24) is 10.2 Å². The van der Waals surface area contributed by atoms with Crippen LogP contribution in [-0.4, -0.2) is 52.6 Å². The summed E-state index contributed by atoms with van der Waals surface area (Å²) in [5.74, 6) is -5.65. The topological polar surface area (TPSA) is 78.9 Å². The normalized spacial score (nSPS) is 24.9. The molecular weight excluding hydrogens is 485 g/mol. The van der Waals surface area contributed by atoms with Crippen molar-refractivity contribution in [3.05, 3.63) is 34.9 Å². The molecule has 1 aromatic rings. The number of carbonyl (C=O) groups is 2. The number of ether oxygens (including phenoxy) is 1. The third-order valence-electron chi connectivity index (χ3n) is 7.10. The van der Waals surface area contributed by atoms with Gasteiger partial charge in [0.05, 0.1) is 12.5 Å². The van der Waals surface area contributed by atoms with Crippen LogP contribution in [0.25, 0.3) is 0 Å². The zero-order valence-electron chi connectivity index (χ0n) is 20.3. The zero-order valence-corrected chi connectivity index (χ0v) is 21.0. The van der Waals surface area contributed by atoms with E-state index in [0.717, 1.165) is 23.8 Å². The Kier molecular flexibility index (Phi) is 8.76. The van der Waals surface area contributed by atoms with Gasteiger partial charge in [-0.3, -0.25) is 15.0 Å². The van der Waals surface area contributed by atoms with Gasteiger partial charge in [0.2, 0.25) is 5.91 Å². The standard InChI is InChI=1S/C25H34ClF3N2O4/c1-4-35-23(33)20-19(15(2)13-16-9-8-12-18(26)14-16)22(32)31(20)24(3,34)30-21(25(27,28)29)17-10-6-5-7-11-17/h8-9,12,14-15,17,19-21,30,34H,4-7,10-11,13H2,1-3H3. The lowest BCUT2D eigenvalue weighted by atomic mass is 9.74. The number of nitrogens with zero attached hydrogens (tertiary/aromatic N) is 1. The number of hydrogen-bond donors (Lipinski definition) is 2. The molecule has 1 amide bonds. The summed E-state index contributed by atoms with van der Waals surface area (Å²) in [7, 11) is 0.